The molecule has 2 N–H and O–H groups in total. The first-order chi connectivity index (χ1) is 12.5. The van der Waals surface area contributed by atoms with Gasteiger partial charge in [-0.05, 0) is 51.0 Å². The van der Waals surface area contributed by atoms with Gasteiger partial charge in [0.25, 0.3) is 0 Å². The molecule has 2 saturated heterocycles. The zero-order valence-corrected chi connectivity index (χ0v) is 15.1. The van der Waals surface area contributed by atoms with E-state index in [4.69, 9.17) is 0 Å². The molecule has 0 radical (unpaired) electrons. The summed E-state index contributed by atoms with van der Waals surface area (Å²) < 4.78 is 0. The Balaban J connectivity index is 1.47. The van der Waals surface area contributed by atoms with Gasteiger partial charge in [-0.2, -0.15) is 0 Å². The number of nitrogens with zero attached hydrogens (tertiary/aromatic N) is 3. The molecule has 3 heterocycles. The number of piperidine rings is 1. The van der Waals surface area contributed by atoms with Gasteiger partial charge in [-0.3, -0.25) is 0 Å². The number of urea groups is 1. The van der Waals surface area contributed by atoms with Crippen LogP contribution < -0.4 is 10.2 Å². The van der Waals surface area contributed by atoms with Gasteiger partial charge in [0, 0.05) is 36.9 Å². The summed E-state index contributed by atoms with van der Waals surface area (Å²) in [6, 6.07) is 3.09. The number of rotatable bonds is 4. The molecule has 0 aromatic carbocycles. The van der Waals surface area contributed by atoms with E-state index in [0.717, 1.165) is 49.4 Å². The van der Waals surface area contributed by atoms with Crippen molar-refractivity contribution >= 4 is 17.8 Å². The Morgan fingerprint density at radius 1 is 1.27 bits per heavy atom. The number of pyridine rings is 1. The molecule has 0 spiro atoms. The first kappa shape index (κ1) is 17.1. The van der Waals surface area contributed by atoms with Gasteiger partial charge in [0.2, 0.25) is 0 Å². The quantitative estimate of drug-likeness (QED) is 0.861. The van der Waals surface area contributed by atoms with Gasteiger partial charge in [0.05, 0.1) is 0 Å². The number of anilines is 1. The zero-order chi connectivity index (χ0) is 18.3. The van der Waals surface area contributed by atoms with Gasteiger partial charge in [0.1, 0.15) is 11.9 Å². The summed E-state index contributed by atoms with van der Waals surface area (Å²) in [6.07, 6.45) is 4.96. The molecule has 1 aliphatic carbocycles. The van der Waals surface area contributed by atoms with Crippen LogP contribution in [0.3, 0.4) is 0 Å². The number of nitrogens with one attached hydrogen (secondary N) is 1. The molecular formula is C19H26N4O3. The number of fused-ring (bicyclic) bond motifs is 2. The van der Waals surface area contributed by atoms with Crippen LogP contribution in [0.4, 0.5) is 10.6 Å². The third-order valence-electron chi connectivity index (χ3n) is 6.00. The highest BCUT2D eigenvalue weighted by Gasteiger charge is 2.51. The Morgan fingerprint density at radius 2 is 2.04 bits per heavy atom. The molecular weight excluding hydrogens is 332 g/mol. The fourth-order valence-corrected chi connectivity index (χ4v) is 4.77. The van der Waals surface area contributed by atoms with Gasteiger partial charge < -0.3 is 20.2 Å². The van der Waals surface area contributed by atoms with Crippen molar-refractivity contribution < 1.29 is 14.7 Å². The number of aryl methyl sites for hydroxylation is 1. The number of carbonyl (C=O) groups is 2. The topological polar surface area (TPSA) is 85.8 Å². The molecule has 140 valence electrons. The van der Waals surface area contributed by atoms with Crippen LogP contribution in [-0.2, 0) is 11.3 Å². The number of carbonyl (C=O) groups excluding carboxylic acids is 1. The Labute approximate surface area is 153 Å². The SMILES string of the molecule is Cc1ccc(CNC(=O)N2C3CCC(C3)C2C(=O)O)c(N2CCCC2)n1. The number of carboxylic acid groups (broad SMARTS) is 1. The van der Waals surface area contributed by atoms with Crippen LogP contribution in [-0.4, -0.2) is 52.2 Å². The molecule has 3 aliphatic rings. The van der Waals surface area contributed by atoms with Gasteiger partial charge >= 0.3 is 12.0 Å². The highest BCUT2D eigenvalue weighted by atomic mass is 16.4. The second-order valence-corrected chi connectivity index (χ2v) is 7.71. The Kier molecular flexibility index (Phi) is 4.46. The number of amides is 2. The van der Waals surface area contributed by atoms with E-state index in [2.05, 4.69) is 15.2 Å². The fourth-order valence-electron chi connectivity index (χ4n) is 4.77. The first-order valence-corrected chi connectivity index (χ1v) is 9.55. The molecule has 1 aromatic heterocycles. The van der Waals surface area contributed by atoms with E-state index in [9.17, 15) is 14.7 Å². The molecule has 3 fully saturated rings. The number of aromatic nitrogens is 1. The van der Waals surface area contributed by atoms with Crippen molar-refractivity contribution in [2.75, 3.05) is 18.0 Å². The van der Waals surface area contributed by atoms with E-state index in [-0.39, 0.29) is 18.0 Å². The molecule has 7 nitrogen and oxygen atoms in total. The van der Waals surface area contributed by atoms with E-state index in [1.807, 2.05) is 19.1 Å². The van der Waals surface area contributed by atoms with Crippen molar-refractivity contribution in [2.24, 2.45) is 5.92 Å². The van der Waals surface area contributed by atoms with Crippen molar-refractivity contribution in [1.29, 1.82) is 0 Å². The lowest BCUT2D eigenvalue weighted by Crippen LogP contribution is -2.52. The normalized spacial score (nSPS) is 27.2. The molecule has 1 aromatic rings. The molecule has 2 aliphatic heterocycles. The number of carboxylic acids is 1. The second kappa shape index (κ2) is 6.78. The maximum atomic E-state index is 12.7. The van der Waals surface area contributed by atoms with Crippen molar-refractivity contribution in [3.8, 4) is 0 Å². The van der Waals surface area contributed by atoms with Crippen LogP contribution in [0.15, 0.2) is 12.1 Å². The lowest BCUT2D eigenvalue weighted by molar-refractivity contribution is -0.143. The van der Waals surface area contributed by atoms with Gasteiger partial charge in [-0.15, -0.1) is 0 Å². The minimum Gasteiger partial charge on any atom is -0.480 e. The average molecular weight is 358 g/mol. The van der Waals surface area contributed by atoms with Crippen molar-refractivity contribution in [3.63, 3.8) is 0 Å². The lowest BCUT2D eigenvalue weighted by atomic mass is 9.99. The van der Waals surface area contributed by atoms with Crippen LogP contribution in [0.1, 0.15) is 43.4 Å². The van der Waals surface area contributed by atoms with Crippen molar-refractivity contribution in [1.82, 2.24) is 15.2 Å². The van der Waals surface area contributed by atoms with Gasteiger partial charge in [-0.25, -0.2) is 14.6 Å². The van der Waals surface area contributed by atoms with E-state index in [1.54, 1.807) is 4.90 Å². The zero-order valence-electron chi connectivity index (χ0n) is 15.1. The predicted octanol–water partition coefficient (Wildman–Crippen LogP) is 2.14. The van der Waals surface area contributed by atoms with Crippen molar-refractivity contribution in [2.45, 2.75) is 57.7 Å². The third-order valence-corrected chi connectivity index (χ3v) is 6.00. The minimum absolute atomic E-state index is 0.0651. The summed E-state index contributed by atoms with van der Waals surface area (Å²) in [5.41, 5.74) is 1.95. The molecule has 3 atom stereocenters. The van der Waals surface area contributed by atoms with Gasteiger partial charge in [-0.1, -0.05) is 6.07 Å². The minimum atomic E-state index is -0.887. The average Bonchev–Trinajstić information content (AvgIpc) is 3.36. The largest absolute Gasteiger partial charge is 0.480 e. The lowest BCUT2D eigenvalue weighted by Gasteiger charge is -2.32. The highest BCUT2D eigenvalue weighted by Crippen LogP contribution is 2.42. The molecule has 3 unspecified atom stereocenters. The highest BCUT2D eigenvalue weighted by molar-refractivity contribution is 5.84. The summed E-state index contributed by atoms with van der Waals surface area (Å²) in [7, 11) is 0. The number of hydrogen-bond acceptors (Lipinski definition) is 4. The summed E-state index contributed by atoms with van der Waals surface area (Å²) in [5, 5.41) is 12.5. The Morgan fingerprint density at radius 3 is 2.77 bits per heavy atom. The van der Waals surface area contributed by atoms with Crippen LogP contribution in [0.25, 0.3) is 0 Å². The summed E-state index contributed by atoms with van der Waals surface area (Å²) in [5.74, 6) is 0.159. The molecule has 1 saturated carbocycles. The molecule has 2 amide bonds. The van der Waals surface area contributed by atoms with Gasteiger partial charge in [0.15, 0.2) is 0 Å². The molecule has 2 bridgehead atoms. The monoisotopic (exact) mass is 358 g/mol. The summed E-state index contributed by atoms with van der Waals surface area (Å²) >= 11 is 0. The Hall–Kier alpha value is -2.31. The van der Waals surface area contributed by atoms with Crippen LogP contribution in [0.5, 0.6) is 0 Å². The van der Waals surface area contributed by atoms with E-state index in [0.29, 0.717) is 6.54 Å². The standard InChI is InChI=1S/C19H26N4O3/c1-12-4-5-14(17(21-12)22-8-2-3-9-22)11-20-19(26)23-15-7-6-13(10-15)16(23)18(24)25/h4-5,13,15-16H,2-3,6-11H2,1H3,(H,20,26)(H,24,25). The van der Waals surface area contributed by atoms with Crippen LogP contribution in [0, 0.1) is 12.8 Å². The summed E-state index contributed by atoms with van der Waals surface area (Å²) in [6.45, 7) is 4.33. The fraction of sp³-hybridized carbons (Fsp3) is 0.632. The Bertz CT molecular complexity index is 717. The first-order valence-electron chi connectivity index (χ1n) is 9.55. The second-order valence-electron chi connectivity index (χ2n) is 7.71. The van der Waals surface area contributed by atoms with Crippen LogP contribution >= 0.6 is 0 Å². The van der Waals surface area contributed by atoms with Crippen molar-refractivity contribution in [3.05, 3.63) is 23.4 Å². The maximum Gasteiger partial charge on any atom is 0.326 e. The van der Waals surface area contributed by atoms with E-state index >= 15 is 0 Å². The maximum absolute atomic E-state index is 12.7. The summed E-state index contributed by atoms with van der Waals surface area (Å²) in [4.78, 5) is 32.9. The van der Waals surface area contributed by atoms with Crippen LogP contribution in [0.2, 0.25) is 0 Å². The molecule has 7 heteroatoms. The molecule has 26 heavy (non-hydrogen) atoms. The number of likely N-dealkylation sites (tertiary alicyclic amines) is 1. The van der Waals surface area contributed by atoms with E-state index < -0.39 is 12.0 Å². The predicted molar refractivity (Wildman–Crippen MR) is 97.0 cm³/mol. The van der Waals surface area contributed by atoms with E-state index in [1.165, 1.54) is 12.8 Å². The molecule has 4 rings (SSSR count). The smallest absolute Gasteiger partial charge is 0.326 e. The number of aliphatic carboxylic acids is 1. The third kappa shape index (κ3) is 2.99. The number of hydrogen-bond donors (Lipinski definition) is 2.